The molecule has 2 aliphatic carbocycles. The van der Waals surface area contributed by atoms with E-state index in [-0.39, 0.29) is 17.4 Å². The van der Waals surface area contributed by atoms with E-state index >= 15 is 0 Å². The minimum Gasteiger partial charge on any atom is -0.489 e. The number of anilines is 1. The van der Waals surface area contributed by atoms with Gasteiger partial charge in [-0.05, 0) is 54.2 Å². The molecule has 0 spiro atoms. The Bertz CT molecular complexity index is 1120. The summed E-state index contributed by atoms with van der Waals surface area (Å²) in [5.41, 5.74) is 9.36. The van der Waals surface area contributed by atoms with Gasteiger partial charge in [-0.1, -0.05) is 69.9 Å². The Morgan fingerprint density at radius 2 is 2.06 bits per heavy atom. The normalized spacial score (nSPS) is 21.8. The molecular weight excluding hydrogens is 454 g/mol. The number of hydrogen-bond acceptors (Lipinski definition) is 5. The molecule has 0 heterocycles. The van der Waals surface area contributed by atoms with Crippen LogP contribution in [0.15, 0.2) is 90.0 Å². The van der Waals surface area contributed by atoms with Gasteiger partial charge in [-0.2, -0.15) is 0 Å². The maximum absolute atomic E-state index is 11.3. The molecular formula is C30H37NO5. The van der Waals surface area contributed by atoms with Gasteiger partial charge < -0.3 is 25.1 Å². The predicted octanol–water partition coefficient (Wildman–Crippen LogP) is 6.06. The molecule has 1 aromatic carbocycles. The lowest BCUT2D eigenvalue weighted by atomic mass is 9.81. The third-order valence-electron chi connectivity index (χ3n) is 6.13. The highest BCUT2D eigenvalue weighted by atomic mass is 16.5. The molecule has 0 aliphatic heterocycles. The molecule has 0 saturated heterocycles. The summed E-state index contributed by atoms with van der Waals surface area (Å²) in [7, 11) is 0. The fourth-order valence-corrected chi connectivity index (χ4v) is 3.91. The van der Waals surface area contributed by atoms with Crippen molar-refractivity contribution in [3.63, 3.8) is 0 Å². The van der Waals surface area contributed by atoms with Crippen LogP contribution in [-0.2, 0) is 19.0 Å². The van der Waals surface area contributed by atoms with Crippen LogP contribution in [0.1, 0.15) is 39.7 Å². The molecule has 192 valence electrons. The summed E-state index contributed by atoms with van der Waals surface area (Å²) in [6, 6.07) is 7.67. The number of nitrogen functional groups attached to an aromatic ring is 1. The molecule has 0 saturated carbocycles. The van der Waals surface area contributed by atoms with E-state index in [1.807, 2.05) is 60.7 Å². The Balaban J connectivity index is 1.61. The molecule has 0 fully saturated rings. The highest BCUT2D eigenvalue weighted by Gasteiger charge is 2.26. The second-order valence-electron chi connectivity index (χ2n) is 10.0. The zero-order valence-electron chi connectivity index (χ0n) is 21.6. The second-order valence-corrected chi connectivity index (χ2v) is 10.0. The van der Waals surface area contributed by atoms with Crippen LogP contribution in [0.3, 0.4) is 0 Å². The van der Waals surface area contributed by atoms with Crippen molar-refractivity contribution in [2.24, 2.45) is 11.3 Å². The number of nitrogens with two attached hydrogens (primary N) is 1. The summed E-state index contributed by atoms with van der Waals surface area (Å²) in [5.74, 6) is 0.455. The van der Waals surface area contributed by atoms with Crippen LogP contribution < -0.4 is 5.73 Å². The van der Waals surface area contributed by atoms with Crippen LogP contribution in [0, 0.1) is 11.3 Å². The van der Waals surface area contributed by atoms with E-state index < -0.39 is 12.1 Å². The maximum Gasteiger partial charge on any atom is 0.344 e. The molecule has 0 bridgehead atoms. The molecule has 3 unspecified atom stereocenters. The zero-order valence-corrected chi connectivity index (χ0v) is 21.6. The van der Waals surface area contributed by atoms with Crippen molar-refractivity contribution in [2.45, 2.75) is 46.3 Å². The topological polar surface area (TPSA) is 91.0 Å². The maximum atomic E-state index is 11.3. The van der Waals surface area contributed by atoms with Crippen molar-refractivity contribution in [1.29, 1.82) is 0 Å². The van der Waals surface area contributed by atoms with Gasteiger partial charge in [0, 0.05) is 17.2 Å². The molecule has 2 aliphatic rings. The van der Waals surface area contributed by atoms with Crippen LogP contribution in [0.25, 0.3) is 6.08 Å². The average molecular weight is 492 g/mol. The SMILES string of the molecule is C=C(/C=C\c1ccccc1N)COC1C=C(OCC2=C(OC(C)C(=O)O)C=CC(C)(C)C2)C=CC1C. The summed E-state index contributed by atoms with van der Waals surface area (Å²) in [5, 5.41) is 9.23. The fraction of sp³-hybridized carbons (Fsp3) is 0.367. The summed E-state index contributed by atoms with van der Waals surface area (Å²) in [6.45, 7) is 12.6. The first-order chi connectivity index (χ1) is 17.0. The molecule has 6 heteroatoms. The Hall–Kier alpha value is -3.51. The van der Waals surface area contributed by atoms with E-state index in [4.69, 9.17) is 19.9 Å². The highest BCUT2D eigenvalue weighted by molar-refractivity contribution is 5.72. The van der Waals surface area contributed by atoms with Gasteiger partial charge in [0.15, 0.2) is 6.10 Å². The zero-order chi connectivity index (χ0) is 26.3. The Morgan fingerprint density at radius 1 is 1.31 bits per heavy atom. The van der Waals surface area contributed by atoms with E-state index in [2.05, 4.69) is 33.4 Å². The van der Waals surface area contributed by atoms with Gasteiger partial charge in [-0.15, -0.1) is 0 Å². The summed E-state index contributed by atoms with van der Waals surface area (Å²) < 4.78 is 17.9. The van der Waals surface area contributed by atoms with Crippen LogP contribution in [-0.4, -0.2) is 36.5 Å². The largest absolute Gasteiger partial charge is 0.489 e. The number of carboxylic acids is 1. The third-order valence-corrected chi connectivity index (χ3v) is 6.13. The first-order valence-corrected chi connectivity index (χ1v) is 12.2. The van der Waals surface area contributed by atoms with Gasteiger partial charge in [0.2, 0.25) is 0 Å². The van der Waals surface area contributed by atoms with Crippen LogP contribution in [0.2, 0.25) is 0 Å². The fourth-order valence-electron chi connectivity index (χ4n) is 3.91. The predicted molar refractivity (Wildman–Crippen MR) is 144 cm³/mol. The Morgan fingerprint density at radius 3 is 2.78 bits per heavy atom. The number of ether oxygens (including phenoxy) is 3. The summed E-state index contributed by atoms with van der Waals surface area (Å²) >= 11 is 0. The summed E-state index contributed by atoms with van der Waals surface area (Å²) in [4.78, 5) is 11.3. The molecule has 36 heavy (non-hydrogen) atoms. The molecule has 1 aromatic rings. The first kappa shape index (κ1) is 27.1. The van der Waals surface area contributed by atoms with Gasteiger partial charge in [0.1, 0.15) is 18.1 Å². The second kappa shape index (κ2) is 12.0. The number of hydrogen-bond donors (Lipinski definition) is 2. The number of carbonyl (C=O) groups is 1. The lowest BCUT2D eigenvalue weighted by Gasteiger charge is -2.29. The van der Waals surface area contributed by atoms with Crippen LogP contribution >= 0.6 is 0 Å². The quantitative estimate of drug-likeness (QED) is 0.289. The van der Waals surface area contributed by atoms with Crippen molar-refractivity contribution in [2.75, 3.05) is 18.9 Å². The van der Waals surface area contributed by atoms with E-state index in [0.29, 0.717) is 24.7 Å². The van der Waals surface area contributed by atoms with Gasteiger partial charge >= 0.3 is 5.97 Å². The van der Waals surface area contributed by atoms with Gasteiger partial charge in [-0.25, -0.2) is 4.79 Å². The van der Waals surface area contributed by atoms with Gasteiger partial charge in [0.05, 0.1) is 12.7 Å². The number of benzene rings is 1. The Labute approximate surface area is 214 Å². The minimum absolute atomic E-state index is 0.0622. The average Bonchev–Trinajstić information content (AvgIpc) is 2.83. The summed E-state index contributed by atoms with van der Waals surface area (Å²) in [6.07, 6.45) is 13.4. The highest BCUT2D eigenvalue weighted by Crippen LogP contribution is 2.35. The minimum atomic E-state index is -1.00. The molecule has 3 atom stereocenters. The van der Waals surface area contributed by atoms with Crippen LogP contribution in [0.4, 0.5) is 5.69 Å². The number of allylic oxidation sites excluding steroid dienone is 3. The van der Waals surface area contributed by atoms with E-state index in [9.17, 15) is 9.90 Å². The van der Waals surface area contributed by atoms with E-state index in [1.54, 1.807) is 0 Å². The third kappa shape index (κ3) is 7.75. The monoisotopic (exact) mass is 491 g/mol. The van der Waals surface area contributed by atoms with Crippen molar-refractivity contribution >= 4 is 17.7 Å². The first-order valence-electron chi connectivity index (χ1n) is 12.2. The van der Waals surface area contributed by atoms with Crippen molar-refractivity contribution in [3.8, 4) is 0 Å². The van der Waals surface area contributed by atoms with E-state index in [0.717, 1.165) is 28.8 Å². The molecule has 6 nitrogen and oxygen atoms in total. The number of carboxylic acid groups (broad SMARTS) is 1. The number of rotatable bonds is 11. The standard InChI is InChI=1S/C30H37NO5/c1-20(10-12-23-8-6-7-9-26(23)31)18-35-28-16-25(13-11-21(28)2)34-19-24-17-30(4,5)15-14-27(24)36-22(3)29(32)33/h6-16,21-22,28H,1,17-19,31H2,2-5H3,(H,32,33)/b12-10-. The van der Waals surface area contributed by atoms with Crippen molar-refractivity contribution in [3.05, 3.63) is 95.5 Å². The number of para-hydroxylation sites is 1. The lowest BCUT2D eigenvalue weighted by Crippen LogP contribution is -2.24. The van der Waals surface area contributed by atoms with Crippen LogP contribution in [0.5, 0.6) is 0 Å². The van der Waals surface area contributed by atoms with Gasteiger partial charge in [-0.3, -0.25) is 0 Å². The number of aliphatic carboxylic acids is 1. The van der Waals surface area contributed by atoms with E-state index in [1.165, 1.54) is 6.92 Å². The van der Waals surface area contributed by atoms with Crippen molar-refractivity contribution in [1.82, 2.24) is 0 Å². The molecule has 0 amide bonds. The molecule has 0 aromatic heterocycles. The molecule has 3 rings (SSSR count). The van der Waals surface area contributed by atoms with Crippen molar-refractivity contribution < 1.29 is 24.1 Å². The molecule has 0 radical (unpaired) electrons. The molecule has 3 N–H and O–H groups in total. The van der Waals surface area contributed by atoms with Gasteiger partial charge in [0.25, 0.3) is 0 Å². The lowest BCUT2D eigenvalue weighted by molar-refractivity contribution is -0.146. The Kier molecular flexibility index (Phi) is 8.99. The smallest absolute Gasteiger partial charge is 0.344 e.